The van der Waals surface area contributed by atoms with Gasteiger partial charge in [-0.15, -0.1) is 0 Å². The van der Waals surface area contributed by atoms with Crippen LogP contribution >= 0.6 is 11.8 Å². The molecule has 0 aliphatic rings. The Morgan fingerprint density at radius 3 is 3.00 bits per heavy atom. The lowest BCUT2D eigenvalue weighted by atomic mass is 10.4. The van der Waals surface area contributed by atoms with Crippen LogP contribution in [0, 0.1) is 0 Å². The molecular weight excluding hydrogens is 212 g/mol. The zero-order valence-corrected chi connectivity index (χ0v) is 9.71. The normalized spacial score (nSPS) is 10.0. The number of aromatic nitrogens is 2. The van der Waals surface area contributed by atoms with Gasteiger partial charge in [-0.3, -0.25) is 0 Å². The molecular formula is C10H14N2O2S. The molecule has 0 aliphatic heterocycles. The minimum atomic E-state index is -0.334. The van der Waals surface area contributed by atoms with Crippen molar-refractivity contribution in [2.45, 2.75) is 12.1 Å². The molecule has 0 aliphatic carbocycles. The summed E-state index contributed by atoms with van der Waals surface area (Å²) in [5.74, 6) is 0.170. The summed E-state index contributed by atoms with van der Waals surface area (Å²) in [6.07, 6.45) is 3.57. The number of carbonyl (C=O) groups is 1. The van der Waals surface area contributed by atoms with Crippen LogP contribution in [0.25, 0.3) is 0 Å². The largest absolute Gasteiger partial charge is 0.463 e. The van der Waals surface area contributed by atoms with Crippen LogP contribution in [0.4, 0.5) is 0 Å². The molecule has 0 N–H and O–H groups in total. The SMILES string of the molecule is C=C(CSc1nccn1C)C(=O)OCC. The fourth-order valence-electron chi connectivity index (χ4n) is 0.935. The third kappa shape index (κ3) is 3.43. The molecule has 0 fully saturated rings. The zero-order valence-electron chi connectivity index (χ0n) is 8.90. The lowest BCUT2D eigenvalue weighted by Crippen LogP contribution is -2.08. The molecule has 0 aromatic carbocycles. The lowest BCUT2D eigenvalue weighted by molar-refractivity contribution is -0.138. The summed E-state index contributed by atoms with van der Waals surface area (Å²) in [4.78, 5) is 15.4. The topological polar surface area (TPSA) is 44.1 Å². The van der Waals surface area contributed by atoms with Gasteiger partial charge in [0.1, 0.15) is 0 Å². The van der Waals surface area contributed by atoms with Crippen molar-refractivity contribution in [1.29, 1.82) is 0 Å². The summed E-state index contributed by atoms with van der Waals surface area (Å²) in [5.41, 5.74) is 0.463. The van der Waals surface area contributed by atoms with E-state index in [0.717, 1.165) is 5.16 Å². The van der Waals surface area contributed by atoms with E-state index in [4.69, 9.17) is 4.74 Å². The molecule has 1 heterocycles. The van der Waals surface area contributed by atoms with Gasteiger partial charge in [-0.2, -0.15) is 0 Å². The van der Waals surface area contributed by atoms with Gasteiger partial charge in [0.2, 0.25) is 0 Å². The van der Waals surface area contributed by atoms with E-state index in [9.17, 15) is 4.79 Å². The van der Waals surface area contributed by atoms with Gasteiger partial charge in [-0.25, -0.2) is 9.78 Å². The number of carbonyl (C=O) groups excluding carboxylic acids is 1. The van der Waals surface area contributed by atoms with Crippen LogP contribution in [0.15, 0.2) is 29.7 Å². The molecule has 0 atom stereocenters. The Hall–Kier alpha value is -1.23. The van der Waals surface area contributed by atoms with E-state index < -0.39 is 0 Å². The maximum absolute atomic E-state index is 11.2. The Kier molecular flexibility index (Phi) is 4.42. The highest BCUT2D eigenvalue weighted by atomic mass is 32.2. The Labute approximate surface area is 93.3 Å². The number of thioether (sulfide) groups is 1. The lowest BCUT2D eigenvalue weighted by Gasteiger charge is -2.04. The van der Waals surface area contributed by atoms with Gasteiger partial charge in [0, 0.05) is 30.8 Å². The van der Waals surface area contributed by atoms with Crippen molar-refractivity contribution < 1.29 is 9.53 Å². The van der Waals surface area contributed by atoms with Crippen LogP contribution in [0.5, 0.6) is 0 Å². The Morgan fingerprint density at radius 2 is 2.47 bits per heavy atom. The molecule has 0 bridgehead atoms. The van der Waals surface area contributed by atoms with E-state index in [1.165, 1.54) is 11.8 Å². The molecule has 1 rings (SSSR count). The fraction of sp³-hybridized carbons (Fsp3) is 0.400. The van der Waals surface area contributed by atoms with Crippen molar-refractivity contribution in [3.63, 3.8) is 0 Å². The molecule has 0 amide bonds. The van der Waals surface area contributed by atoms with Crippen LogP contribution in [-0.2, 0) is 16.6 Å². The second-order valence-corrected chi connectivity index (χ2v) is 3.88. The number of esters is 1. The molecule has 82 valence electrons. The third-order valence-electron chi connectivity index (χ3n) is 1.72. The summed E-state index contributed by atoms with van der Waals surface area (Å²) in [5, 5.41) is 0.862. The van der Waals surface area contributed by atoms with Crippen molar-refractivity contribution in [3.8, 4) is 0 Å². The second-order valence-electron chi connectivity index (χ2n) is 2.93. The fourth-order valence-corrected chi connectivity index (χ4v) is 1.76. The van der Waals surface area contributed by atoms with Gasteiger partial charge in [-0.1, -0.05) is 18.3 Å². The summed E-state index contributed by atoms with van der Waals surface area (Å²) in [6, 6.07) is 0. The minimum absolute atomic E-state index is 0.334. The van der Waals surface area contributed by atoms with E-state index in [1.54, 1.807) is 13.1 Å². The van der Waals surface area contributed by atoms with Gasteiger partial charge in [0.25, 0.3) is 0 Å². The van der Waals surface area contributed by atoms with Crippen LogP contribution < -0.4 is 0 Å². The number of nitrogens with zero attached hydrogens (tertiary/aromatic N) is 2. The molecule has 0 saturated carbocycles. The molecule has 0 radical (unpaired) electrons. The van der Waals surface area contributed by atoms with E-state index in [0.29, 0.717) is 17.9 Å². The number of rotatable bonds is 5. The predicted molar refractivity (Wildman–Crippen MR) is 59.7 cm³/mol. The van der Waals surface area contributed by atoms with E-state index in [1.807, 2.05) is 17.8 Å². The van der Waals surface area contributed by atoms with Crippen molar-refractivity contribution in [3.05, 3.63) is 24.5 Å². The summed E-state index contributed by atoms with van der Waals surface area (Å²) in [6.45, 7) is 5.82. The first-order valence-electron chi connectivity index (χ1n) is 4.60. The van der Waals surface area contributed by atoms with Gasteiger partial charge < -0.3 is 9.30 Å². The maximum atomic E-state index is 11.2. The second kappa shape index (κ2) is 5.60. The number of hydrogen-bond donors (Lipinski definition) is 0. The van der Waals surface area contributed by atoms with Crippen molar-refractivity contribution in [2.75, 3.05) is 12.4 Å². The molecule has 1 aromatic rings. The third-order valence-corrected chi connectivity index (χ3v) is 2.86. The molecule has 0 unspecified atom stereocenters. The predicted octanol–water partition coefficient (Wildman–Crippen LogP) is 1.63. The zero-order chi connectivity index (χ0) is 11.3. The minimum Gasteiger partial charge on any atom is -0.463 e. The summed E-state index contributed by atoms with van der Waals surface area (Å²) in [7, 11) is 1.91. The van der Waals surface area contributed by atoms with Gasteiger partial charge in [0.05, 0.1) is 6.61 Å². The van der Waals surface area contributed by atoms with Crippen molar-refractivity contribution in [1.82, 2.24) is 9.55 Å². The molecule has 0 spiro atoms. The van der Waals surface area contributed by atoms with Gasteiger partial charge >= 0.3 is 5.97 Å². The Balaban J connectivity index is 2.41. The van der Waals surface area contributed by atoms with Crippen LogP contribution in [0.1, 0.15) is 6.92 Å². The van der Waals surface area contributed by atoms with Crippen molar-refractivity contribution >= 4 is 17.7 Å². The molecule has 4 nitrogen and oxygen atoms in total. The summed E-state index contributed by atoms with van der Waals surface area (Å²) < 4.78 is 6.72. The number of hydrogen-bond acceptors (Lipinski definition) is 4. The highest BCUT2D eigenvalue weighted by Crippen LogP contribution is 2.17. The number of ether oxygens (including phenoxy) is 1. The molecule has 5 heteroatoms. The van der Waals surface area contributed by atoms with Crippen LogP contribution in [0.3, 0.4) is 0 Å². The maximum Gasteiger partial charge on any atom is 0.334 e. The molecule has 15 heavy (non-hydrogen) atoms. The molecule has 1 aromatic heterocycles. The molecule has 0 saturated heterocycles. The van der Waals surface area contributed by atoms with E-state index >= 15 is 0 Å². The van der Waals surface area contributed by atoms with Gasteiger partial charge in [0.15, 0.2) is 5.16 Å². The number of imidazole rings is 1. The first-order valence-corrected chi connectivity index (χ1v) is 5.58. The average Bonchev–Trinajstić information content (AvgIpc) is 2.61. The average molecular weight is 226 g/mol. The highest BCUT2D eigenvalue weighted by molar-refractivity contribution is 7.99. The smallest absolute Gasteiger partial charge is 0.334 e. The standard InChI is InChI=1S/C10H14N2O2S/c1-4-14-9(13)8(2)7-15-10-11-5-6-12(10)3/h5-6H,2,4,7H2,1,3H3. The quantitative estimate of drug-likeness (QED) is 0.435. The first kappa shape index (κ1) is 11.8. The Bertz CT molecular complexity index is 360. The van der Waals surface area contributed by atoms with Crippen LogP contribution in [-0.4, -0.2) is 27.9 Å². The Morgan fingerprint density at radius 1 is 1.73 bits per heavy atom. The van der Waals surface area contributed by atoms with E-state index in [2.05, 4.69) is 11.6 Å². The number of aryl methyl sites for hydroxylation is 1. The van der Waals surface area contributed by atoms with Gasteiger partial charge in [-0.05, 0) is 6.92 Å². The first-order chi connectivity index (χ1) is 7.15. The van der Waals surface area contributed by atoms with E-state index in [-0.39, 0.29) is 5.97 Å². The van der Waals surface area contributed by atoms with Crippen molar-refractivity contribution in [2.24, 2.45) is 7.05 Å². The highest BCUT2D eigenvalue weighted by Gasteiger charge is 2.09. The van der Waals surface area contributed by atoms with Crippen LogP contribution in [0.2, 0.25) is 0 Å². The monoisotopic (exact) mass is 226 g/mol. The summed E-state index contributed by atoms with van der Waals surface area (Å²) >= 11 is 1.47.